The molecule has 2 aliphatic heterocycles. The predicted molar refractivity (Wildman–Crippen MR) is 107 cm³/mol. The van der Waals surface area contributed by atoms with Crippen molar-refractivity contribution in [1.29, 1.82) is 0 Å². The summed E-state index contributed by atoms with van der Waals surface area (Å²) < 4.78 is 0. The summed E-state index contributed by atoms with van der Waals surface area (Å²) in [5.41, 5.74) is 5.15. The van der Waals surface area contributed by atoms with Crippen LogP contribution in [0.4, 0.5) is 5.69 Å². The van der Waals surface area contributed by atoms with Gasteiger partial charge in [0.2, 0.25) is 5.91 Å². The molecule has 0 spiro atoms. The summed E-state index contributed by atoms with van der Waals surface area (Å²) in [6, 6.07) is 17.6. The maximum absolute atomic E-state index is 11.6. The molecule has 26 heavy (non-hydrogen) atoms. The zero-order valence-electron chi connectivity index (χ0n) is 15.4. The van der Waals surface area contributed by atoms with Crippen LogP contribution >= 0.6 is 0 Å². The van der Waals surface area contributed by atoms with Crippen molar-refractivity contribution in [3.05, 3.63) is 65.2 Å². The molecule has 3 heteroatoms. The number of nitrogens with one attached hydrogen (secondary N) is 1. The van der Waals surface area contributed by atoms with E-state index < -0.39 is 0 Å². The van der Waals surface area contributed by atoms with E-state index in [1.54, 1.807) is 0 Å². The molecule has 0 aromatic heterocycles. The van der Waals surface area contributed by atoms with Gasteiger partial charge in [0, 0.05) is 12.1 Å². The fourth-order valence-corrected chi connectivity index (χ4v) is 4.30. The lowest BCUT2D eigenvalue weighted by Gasteiger charge is -2.32. The molecule has 2 aliphatic rings. The van der Waals surface area contributed by atoms with E-state index in [2.05, 4.69) is 58.7 Å². The van der Waals surface area contributed by atoms with E-state index in [0.717, 1.165) is 24.4 Å². The Labute approximate surface area is 156 Å². The zero-order chi connectivity index (χ0) is 17.8. The molecular weight excluding hydrogens is 320 g/mol. The molecule has 1 amide bonds. The number of amides is 1. The zero-order valence-corrected chi connectivity index (χ0v) is 15.4. The van der Waals surface area contributed by atoms with Crippen molar-refractivity contribution in [2.75, 3.05) is 25.0 Å². The van der Waals surface area contributed by atoms with E-state index >= 15 is 0 Å². The lowest BCUT2D eigenvalue weighted by Crippen LogP contribution is -2.33. The first-order valence-corrected chi connectivity index (χ1v) is 9.97. The minimum absolute atomic E-state index is 0.149. The fourth-order valence-electron chi connectivity index (χ4n) is 4.30. The number of anilines is 1. The molecule has 0 atom stereocenters. The van der Waals surface area contributed by atoms with Crippen LogP contribution < -0.4 is 5.32 Å². The second kappa shape index (κ2) is 8.05. The third kappa shape index (κ3) is 4.16. The largest absolute Gasteiger partial charge is 0.326 e. The van der Waals surface area contributed by atoms with Crippen LogP contribution in [0.1, 0.15) is 48.3 Å². The highest BCUT2D eigenvalue weighted by molar-refractivity contribution is 5.93. The summed E-state index contributed by atoms with van der Waals surface area (Å²) in [7, 11) is 0. The summed E-state index contributed by atoms with van der Waals surface area (Å²) in [5.74, 6) is 0.882. The van der Waals surface area contributed by atoms with Gasteiger partial charge in [-0.15, -0.1) is 0 Å². The fraction of sp³-hybridized carbons (Fsp3) is 0.435. The number of likely N-dealkylation sites (tertiary alicyclic amines) is 1. The Balaban J connectivity index is 1.23. The third-order valence-electron chi connectivity index (χ3n) is 5.87. The standard InChI is InChI=1S/C23H28N2O/c26-23-11-10-21-9-8-18(17-22(21)24-23)5-4-14-25-15-12-20(13-16-25)19-6-2-1-3-7-19/h1-3,6-9,17,20H,4-5,10-16H2,(H,24,26). The van der Waals surface area contributed by atoms with E-state index in [9.17, 15) is 4.79 Å². The molecule has 3 nitrogen and oxygen atoms in total. The average Bonchev–Trinajstić information content (AvgIpc) is 2.69. The first-order chi connectivity index (χ1) is 12.8. The minimum Gasteiger partial charge on any atom is -0.326 e. The summed E-state index contributed by atoms with van der Waals surface area (Å²) in [5, 5.41) is 3.01. The van der Waals surface area contributed by atoms with Crippen LogP contribution in [-0.2, 0) is 17.6 Å². The SMILES string of the molecule is O=C1CCc2ccc(CCCN3CCC(c4ccccc4)CC3)cc2N1. The smallest absolute Gasteiger partial charge is 0.224 e. The van der Waals surface area contributed by atoms with Crippen LogP contribution in [0, 0.1) is 0 Å². The van der Waals surface area contributed by atoms with Crippen molar-refractivity contribution in [2.24, 2.45) is 0 Å². The van der Waals surface area contributed by atoms with Gasteiger partial charge in [-0.05, 0) is 80.4 Å². The highest BCUT2D eigenvalue weighted by Crippen LogP contribution is 2.28. The molecule has 0 saturated carbocycles. The summed E-state index contributed by atoms with van der Waals surface area (Å²) in [6.07, 6.45) is 6.30. The maximum atomic E-state index is 11.6. The van der Waals surface area contributed by atoms with Crippen LogP contribution in [0.3, 0.4) is 0 Å². The van der Waals surface area contributed by atoms with Crippen LogP contribution in [-0.4, -0.2) is 30.4 Å². The Bertz CT molecular complexity index is 748. The monoisotopic (exact) mass is 348 g/mol. The summed E-state index contributed by atoms with van der Waals surface area (Å²) in [4.78, 5) is 14.2. The van der Waals surface area contributed by atoms with Gasteiger partial charge in [0.25, 0.3) is 0 Å². The Morgan fingerprint density at radius 2 is 1.81 bits per heavy atom. The Hall–Kier alpha value is -2.13. The maximum Gasteiger partial charge on any atom is 0.224 e. The second-order valence-electron chi connectivity index (χ2n) is 7.67. The van der Waals surface area contributed by atoms with Gasteiger partial charge in [0.1, 0.15) is 0 Å². The number of fused-ring (bicyclic) bond motifs is 1. The molecule has 1 saturated heterocycles. The molecule has 2 aromatic rings. The molecule has 0 aliphatic carbocycles. The molecule has 1 fully saturated rings. The van der Waals surface area contributed by atoms with E-state index in [4.69, 9.17) is 0 Å². The normalized spacial score (nSPS) is 18.4. The average molecular weight is 348 g/mol. The summed E-state index contributed by atoms with van der Waals surface area (Å²) >= 11 is 0. The van der Waals surface area contributed by atoms with Crippen LogP contribution in [0.15, 0.2) is 48.5 Å². The predicted octanol–water partition coefficient (Wildman–Crippen LogP) is 4.38. The highest BCUT2D eigenvalue weighted by atomic mass is 16.1. The number of aryl methyl sites for hydroxylation is 2. The number of nitrogens with zero attached hydrogens (tertiary/aromatic N) is 1. The van der Waals surface area contributed by atoms with Crippen molar-refractivity contribution < 1.29 is 4.79 Å². The highest BCUT2D eigenvalue weighted by Gasteiger charge is 2.20. The van der Waals surface area contributed by atoms with Gasteiger partial charge in [-0.25, -0.2) is 0 Å². The lowest BCUT2D eigenvalue weighted by atomic mass is 9.89. The number of rotatable bonds is 5. The van der Waals surface area contributed by atoms with E-state index in [1.807, 2.05) is 0 Å². The molecule has 2 aromatic carbocycles. The van der Waals surface area contributed by atoms with Crippen LogP contribution in [0.25, 0.3) is 0 Å². The second-order valence-corrected chi connectivity index (χ2v) is 7.67. The van der Waals surface area contributed by atoms with Gasteiger partial charge in [0.05, 0.1) is 0 Å². The van der Waals surface area contributed by atoms with Gasteiger partial charge < -0.3 is 10.2 Å². The molecule has 0 unspecified atom stereocenters. The summed E-state index contributed by atoms with van der Waals surface area (Å²) in [6.45, 7) is 3.59. The molecule has 0 radical (unpaired) electrons. The Morgan fingerprint density at radius 1 is 1.00 bits per heavy atom. The van der Waals surface area contributed by atoms with Crippen molar-refractivity contribution >= 4 is 11.6 Å². The molecule has 136 valence electrons. The molecular formula is C23H28N2O. The molecule has 0 bridgehead atoms. The van der Waals surface area contributed by atoms with Crippen LogP contribution in [0.5, 0.6) is 0 Å². The molecule has 1 N–H and O–H groups in total. The third-order valence-corrected chi connectivity index (χ3v) is 5.87. The lowest BCUT2D eigenvalue weighted by molar-refractivity contribution is -0.116. The van der Waals surface area contributed by atoms with Crippen molar-refractivity contribution in [1.82, 2.24) is 4.90 Å². The number of piperidine rings is 1. The van der Waals surface area contributed by atoms with Gasteiger partial charge in [-0.2, -0.15) is 0 Å². The van der Waals surface area contributed by atoms with Crippen molar-refractivity contribution in [2.45, 2.75) is 44.4 Å². The molecule has 4 rings (SSSR count). The Morgan fingerprint density at radius 3 is 2.62 bits per heavy atom. The Kier molecular flexibility index (Phi) is 5.35. The van der Waals surface area contributed by atoms with E-state index in [1.165, 1.54) is 55.6 Å². The number of hydrogen-bond acceptors (Lipinski definition) is 2. The van der Waals surface area contributed by atoms with Gasteiger partial charge in [0.15, 0.2) is 0 Å². The first kappa shape index (κ1) is 17.3. The number of hydrogen-bond donors (Lipinski definition) is 1. The number of carbonyl (C=O) groups excluding carboxylic acids is 1. The van der Waals surface area contributed by atoms with Gasteiger partial charge >= 0.3 is 0 Å². The van der Waals surface area contributed by atoms with Crippen LogP contribution in [0.2, 0.25) is 0 Å². The van der Waals surface area contributed by atoms with E-state index in [0.29, 0.717) is 6.42 Å². The van der Waals surface area contributed by atoms with Crippen molar-refractivity contribution in [3.8, 4) is 0 Å². The number of carbonyl (C=O) groups is 1. The van der Waals surface area contributed by atoms with Gasteiger partial charge in [-0.3, -0.25) is 4.79 Å². The van der Waals surface area contributed by atoms with Crippen molar-refractivity contribution in [3.63, 3.8) is 0 Å². The first-order valence-electron chi connectivity index (χ1n) is 9.97. The molecule has 2 heterocycles. The van der Waals surface area contributed by atoms with E-state index in [-0.39, 0.29) is 5.91 Å². The minimum atomic E-state index is 0.149. The van der Waals surface area contributed by atoms with Gasteiger partial charge in [-0.1, -0.05) is 42.5 Å². The topological polar surface area (TPSA) is 32.3 Å². The quantitative estimate of drug-likeness (QED) is 0.869. The number of benzene rings is 2.